The Morgan fingerprint density at radius 1 is 1.23 bits per heavy atom. The summed E-state index contributed by atoms with van der Waals surface area (Å²) in [5.41, 5.74) is 0.968. The molecule has 0 unspecified atom stereocenters. The molecule has 1 amide bonds. The monoisotopic (exact) mass is 297 g/mol. The number of anilines is 2. The first-order chi connectivity index (χ1) is 10.7. The fourth-order valence-corrected chi connectivity index (χ4v) is 2.66. The van der Waals surface area contributed by atoms with Gasteiger partial charge in [-0.1, -0.05) is 6.07 Å². The lowest BCUT2D eigenvalue weighted by atomic mass is 9.97. The first-order valence-electron chi connectivity index (χ1n) is 7.48. The van der Waals surface area contributed by atoms with E-state index in [4.69, 9.17) is 0 Å². The highest BCUT2D eigenvalue weighted by atomic mass is 16.2. The minimum atomic E-state index is -0.0704. The molecule has 0 aliphatic carbocycles. The number of hydrogen-bond acceptors (Lipinski definition) is 5. The topological polar surface area (TPSA) is 71.0 Å². The molecule has 22 heavy (non-hydrogen) atoms. The van der Waals surface area contributed by atoms with Gasteiger partial charge < -0.3 is 10.2 Å². The Morgan fingerprint density at radius 3 is 2.77 bits per heavy atom. The number of nitrogens with one attached hydrogen (secondary N) is 1. The van der Waals surface area contributed by atoms with Gasteiger partial charge in [-0.05, 0) is 37.5 Å². The van der Waals surface area contributed by atoms with Gasteiger partial charge in [-0.15, -0.1) is 0 Å². The maximum absolute atomic E-state index is 12.5. The van der Waals surface area contributed by atoms with Gasteiger partial charge in [-0.3, -0.25) is 4.79 Å². The molecular weight excluding hydrogens is 278 g/mol. The second-order valence-corrected chi connectivity index (χ2v) is 5.49. The van der Waals surface area contributed by atoms with Crippen molar-refractivity contribution in [2.75, 3.05) is 23.3 Å². The lowest BCUT2D eigenvalue weighted by Crippen LogP contribution is -2.41. The molecule has 0 radical (unpaired) electrons. The summed E-state index contributed by atoms with van der Waals surface area (Å²) in [6.45, 7) is 3.46. The van der Waals surface area contributed by atoms with Crippen molar-refractivity contribution < 1.29 is 4.79 Å². The van der Waals surface area contributed by atoms with E-state index in [-0.39, 0.29) is 11.8 Å². The number of piperidine rings is 1. The highest BCUT2D eigenvalue weighted by molar-refractivity contribution is 5.92. The van der Waals surface area contributed by atoms with Crippen molar-refractivity contribution >= 4 is 17.7 Å². The van der Waals surface area contributed by atoms with Gasteiger partial charge in [0.05, 0.1) is 5.92 Å². The summed E-state index contributed by atoms with van der Waals surface area (Å²) in [4.78, 5) is 27.3. The van der Waals surface area contributed by atoms with Crippen LogP contribution < -0.4 is 10.2 Å². The van der Waals surface area contributed by atoms with Crippen molar-refractivity contribution in [3.63, 3.8) is 0 Å². The van der Waals surface area contributed by atoms with Crippen LogP contribution in [-0.2, 0) is 4.79 Å². The average Bonchev–Trinajstić information content (AvgIpc) is 2.58. The molecule has 114 valence electrons. The van der Waals surface area contributed by atoms with E-state index in [1.807, 2.05) is 19.1 Å². The predicted octanol–water partition coefficient (Wildman–Crippen LogP) is 2.04. The largest absolute Gasteiger partial charge is 0.340 e. The smallest absolute Gasteiger partial charge is 0.230 e. The van der Waals surface area contributed by atoms with Crippen molar-refractivity contribution in [3.05, 3.63) is 42.4 Å². The zero-order chi connectivity index (χ0) is 15.4. The van der Waals surface area contributed by atoms with Gasteiger partial charge >= 0.3 is 0 Å². The third kappa shape index (κ3) is 3.21. The van der Waals surface area contributed by atoms with Gasteiger partial charge in [0.25, 0.3) is 0 Å². The number of nitrogens with zero attached hydrogens (tertiary/aromatic N) is 4. The quantitative estimate of drug-likeness (QED) is 0.938. The van der Waals surface area contributed by atoms with Gasteiger partial charge in [-0.2, -0.15) is 0 Å². The van der Waals surface area contributed by atoms with E-state index in [0.29, 0.717) is 18.3 Å². The van der Waals surface area contributed by atoms with Crippen LogP contribution in [0.4, 0.5) is 11.8 Å². The van der Waals surface area contributed by atoms with Crippen LogP contribution in [0.25, 0.3) is 0 Å². The number of pyridine rings is 1. The van der Waals surface area contributed by atoms with E-state index in [9.17, 15) is 4.79 Å². The molecule has 0 aromatic carbocycles. The summed E-state index contributed by atoms with van der Waals surface area (Å²) in [6, 6.07) is 5.59. The molecule has 0 spiro atoms. The molecule has 3 heterocycles. The molecule has 0 saturated carbocycles. The van der Waals surface area contributed by atoms with Gasteiger partial charge in [0.2, 0.25) is 11.9 Å². The second-order valence-electron chi connectivity index (χ2n) is 5.49. The van der Waals surface area contributed by atoms with E-state index in [1.165, 1.54) is 0 Å². The Kier molecular flexibility index (Phi) is 4.27. The van der Waals surface area contributed by atoms with Crippen molar-refractivity contribution in [1.29, 1.82) is 0 Å². The minimum Gasteiger partial charge on any atom is -0.340 e. The number of aryl methyl sites for hydroxylation is 1. The molecule has 0 bridgehead atoms. The molecule has 1 aliphatic rings. The van der Waals surface area contributed by atoms with Crippen LogP contribution in [0, 0.1) is 12.8 Å². The normalized spacial score (nSPS) is 18.0. The highest BCUT2D eigenvalue weighted by Gasteiger charge is 2.27. The Balaban J connectivity index is 1.67. The molecule has 1 atom stereocenters. The minimum absolute atomic E-state index is 0.0161. The first kappa shape index (κ1) is 14.4. The molecule has 1 fully saturated rings. The molecule has 6 heteroatoms. The van der Waals surface area contributed by atoms with Crippen molar-refractivity contribution in [2.45, 2.75) is 19.8 Å². The fourth-order valence-electron chi connectivity index (χ4n) is 2.66. The standard InChI is InChI=1S/C16H19N5O/c1-12-5-2-7-17-14(12)20-15(22)13-6-3-10-21(11-13)16-18-8-4-9-19-16/h2,4-5,7-9,13H,3,6,10-11H2,1H3,(H,17,20,22)/t13-/m0/s1. The van der Waals surface area contributed by atoms with Crippen LogP contribution in [0.3, 0.4) is 0 Å². The molecule has 2 aromatic heterocycles. The predicted molar refractivity (Wildman–Crippen MR) is 84.6 cm³/mol. The summed E-state index contributed by atoms with van der Waals surface area (Å²) < 4.78 is 0. The molecule has 1 N–H and O–H groups in total. The summed E-state index contributed by atoms with van der Waals surface area (Å²) in [5, 5.41) is 2.93. The van der Waals surface area contributed by atoms with Gasteiger partial charge in [0, 0.05) is 31.7 Å². The summed E-state index contributed by atoms with van der Waals surface area (Å²) >= 11 is 0. The summed E-state index contributed by atoms with van der Waals surface area (Å²) in [5.74, 6) is 1.27. The number of amides is 1. The molecule has 1 aliphatic heterocycles. The van der Waals surface area contributed by atoms with E-state index < -0.39 is 0 Å². The van der Waals surface area contributed by atoms with Crippen molar-refractivity contribution in [2.24, 2.45) is 5.92 Å². The van der Waals surface area contributed by atoms with Gasteiger partial charge in [-0.25, -0.2) is 15.0 Å². The average molecular weight is 297 g/mol. The lowest BCUT2D eigenvalue weighted by molar-refractivity contribution is -0.120. The maximum atomic E-state index is 12.5. The van der Waals surface area contributed by atoms with Gasteiger partial charge in [0.15, 0.2) is 0 Å². The van der Waals surface area contributed by atoms with Crippen molar-refractivity contribution in [3.8, 4) is 0 Å². The summed E-state index contributed by atoms with van der Waals surface area (Å²) in [6.07, 6.45) is 6.97. The number of rotatable bonds is 3. The number of carbonyl (C=O) groups is 1. The zero-order valence-electron chi connectivity index (χ0n) is 12.6. The third-order valence-corrected chi connectivity index (χ3v) is 3.88. The number of carbonyl (C=O) groups excluding carboxylic acids is 1. The van der Waals surface area contributed by atoms with Crippen LogP contribution in [-0.4, -0.2) is 33.9 Å². The lowest BCUT2D eigenvalue weighted by Gasteiger charge is -2.31. The van der Waals surface area contributed by atoms with Crippen LogP contribution in [0.1, 0.15) is 18.4 Å². The number of hydrogen-bond donors (Lipinski definition) is 1. The Labute approximate surface area is 129 Å². The third-order valence-electron chi connectivity index (χ3n) is 3.88. The van der Waals surface area contributed by atoms with Crippen LogP contribution in [0.2, 0.25) is 0 Å². The van der Waals surface area contributed by atoms with E-state index in [0.717, 1.165) is 24.9 Å². The second kappa shape index (κ2) is 6.51. The maximum Gasteiger partial charge on any atom is 0.230 e. The SMILES string of the molecule is Cc1cccnc1NC(=O)[C@H]1CCCN(c2ncccn2)C1. The zero-order valence-corrected chi connectivity index (χ0v) is 12.6. The van der Waals surface area contributed by atoms with Gasteiger partial charge in [0.1, 0.15) is 5.82 Å². The first-order valence-corrected chi connectivity index (χ1v) is 7.48. The fraction of sp³-hybridized carbons (Fsp3) is 0.375. The number of aromatic nitrogens is 3. The molecule has 2 aromatic rings. The van der Waals surface area contributed by atoms with E-state index >= 15 is 0 Å². The van der Waals surface area contributed by atoms with Crippen LogP contribution in [0.5, 0.6) is 0 Å². The summed E-state index contributed by atoms with van der Waals surface area (Å²) in [7, 11) is 0. The Morgan fingerprint density at radius 2 is 2.00 bits per heavy atom. The van der Waals surface area contributed by atoms with Crippen LogP contribution in [0.15, 0.2) is 36.8 Å². The molecular formula is C16H19N5O. The van der Waals surface area contributed by atoms with E-state index in [2.05, 4.69) is 25.2 Å². The molecule has 3 rings (SSSR count). The Hall–Kier alpha value is -2.50. The highest BCUT2D eigenvalue weighted by Crippen LogP contribution is 2.21. The van der Waals surface area contributed by atoms with Crippen molar-refractivity contribution in [1.82, 2.24) is 15.0 Å². The Bertz CT molecular complexity index is 646. The molecule has 6 nitrogen and oxygen atoms in total. The van der Waals surface area contributed by atoms with E-state index in [1.54, 1.807) is 24.7 Å². The van der Waals surface area contributed by atoms with Crippen LogP contribution >= 0.6 is 0 Å². The molecule has 1 saturated heterocycles.